The van der Waals surface area contributed by atoms with E-state index < -0.39 is 5.97 Å². The van der Waals surface area contributed by atoms with Crippen LogP contribution < -0.4 is 0 Å². The third kappa shape index (κ3) is 3.42. The average Bonchev–Trinajstić information content (AvgIpc) is 2.46. The van der Waals surface area contributed by atoms with Gasteiger partial charge in [-0.15, -0.1) is 0 Å². The van der Waals surface area contributed by atoms with Crippen molar-refractivity contribution in [3.05, 3.63) is 71.3 Å². The van der Waals surface area contributed by atoms with Gasteiger partial charge in [-0.25, -0.2) is 4.79 Å². The molecule has 0 saturated heterocycles. The van der Waals surface area contributed by atoms with Gasteiger partial charge in [-0.3, -0.25) is 4.99 Å². The Bertz CT molecular complexity index is 658. The highest BCUT2D eigenvalue weighted by molar-refractivity contribution is 5.91. The zero-order valence-corrected chi connectivity index (χ0v) is 11.2. The fourth-order valence-corrected chi connectivity index (χ4v) is 1.84. The van der Waals surface area contributed by atoms with E-state index in [0.717, 1.165) is 5.56 Å². The molecule has 20 heavy (non-hydrogen) atoms. The van der Waals surface area contributed by atoms with E-state index in [4.69, 9.17) is 5.11 Å². The van der Waals surface area contributed by atoms with Gasteiger partial charge in [-0.05, 0) is 36.3 Å². The van der Waals surface area contributed by atoms with Crippen LogP contribution in [-0.2, 0) is 0 Å². The van der Waals surface area contributed by atoms with E-state index in [1.165, 1.54) is 0 Å². The maximum atomic E-state index is 11.0. The molecule has 0 amide bonds. The van der Waals surface area contributed by atoms with E-state index in [-0.39, 0.29) is 5.56 Å². The van der Waals surface area contributed by atoms with Gasteiger partial charge in [-0.1, -0.05) is 42.5 Å². The highest BCUT2D eigenvalue weighted by Crippen LogP contribution is 2.21. The molecule has 2 aromatic rings. The standard InChI is InChI=1S/C17H15NO2/c1-13-15(17(19)20)10-5-11-16(13)18-12-6-9-14-7-3-2-4-8-14/h2-12H,1H3,(H,19,20)/b9-6+,18-12?. The van der Waals surface area contributed by atoms with Crippen LogP contribution in [0.15, 0.2) is 59.6 Å². The van der Waals surface area contributed by atoms with E-state index in [0.29, 0.717) is 11.3 Å². The lowest BCUT2D eigenvalue weighted by molar-refractivity contribution is 0.0696. The number of hydrogen-bond acceptors (Lipinski definition) is 2. The summed E-state index contributed by atoms with van der Waals surface area (Å²) < 4.78 is 0. The number of rotatable bonds is 4. The first-order valence-corrected chi connectivity index (χ1v) is 6.27. The molecule has 0 aromatic heterocycles. The molecule has 0 aliphatic carbocycles. The van der Waals surface area contributed by atoms with Crippen molar-refractivity contribution in [2.24, 2.45) is 4.99 Å². The Hall–Kier alpha value is -2.68. The number of carbonyl (C=O) groups is 1. The molecule has 0 fully saturated rings. The molecule has 2 aromatic carbocycles. The molecule has 0 radical (unpaired) electrons. The van der Waals surface area contributed by atoms with E-state index in [1.807, 2.05) is 42.5 Å². The summed E-state index contributed by atoms with van der Waals surface area (Å²) in [6.45, 7) is 1.76. The topological polar surface area (TPSA) is 49.7 Å². The third-order valence-corrected chi connectivity index (χ3v) is 2.92. The minimum Gasteiger partial charge on any atom is -0.478 e. The first-order chi connectivity index (χ1) is 9.68. The van der Waals surface area contributed by atoms with Crippen molar-refractivity contribution in [3.63, 3.8) is 0 Å². The summed E-state index contributed by atoms with van der Waals surface area (Å²) >= 11 is 0. The summed E-state index contributed by atoms with van der Waals surface area (Å²) in [5.41, 5.74) is 2.72. The second-order valence-corrected chi connectivity index (χ2v) is 4.30. The zero-order valence-electron chi connectivity index (χ0n) is 11.2. The summed E-state index contributed by atoms with van der Waals surface area (Å²) in [6.07, 6.45) is 5.45. The van der Waals surface area contributed by atoms with Gasteiger partial charge in [0.25, 0.3) is 0 Å². The molecule has 0 aliphatic heterocycles. The van der Waals surface area contributed by atoms with E-state index in [1.54, 1.807) is 31.3 Å². The van der Waals surface area contributed by atoms with Crippen LogP contribution in [0, 0.1) is 6.92 Å². The Kier molecular flexibility index (Phi) is 4.45. The summed E-state index contributed by atoms with van der Waals surface area (Å²) in [4.78, 5) is 15.3. The van der Waals surface area contributed by atoms with Gasteiger partial charge >= 0.3 is 5.97 Å². The van der Waals surface area contributed by atoms with Gasteiger partial charge in [0.05, 0.1) is 11.3 Å². The van der Waals surface area contributed by atoms with Crippen molar-refractivity contribution in [2.75, 3.05) is 0 Å². The quantitative estimate of drug-likeness (QED) is 0.846. The normalized spacial score (nSPS) is 11.2. The van der Waals surface area contributed by atoms with Crippen molar-refractivity contribution in [1.29, 1.82) is 0 Å². The molecular formula is C17H15NO2. The zero-order chi connectivity index (χ0) is 14.4. The number of carboxylic acid groups (broad SMARTS) is 1. The number of hydrogen-bond donors (Lipinski definition) is 1. The smallest absolute Gasteiger partial charge is 0.336 e. The highest BCUT2D eigenvalue weighted by Gasteiger charge is 2.08. The lowest BCUT2D eigenvalue weighted by Gasteiger charge is -2.03. The summed E-state index contributed by atoms with van der Waals surface area (Å²) in [5.74, 6) is -0.931. The van der Waals surface area contributed by atoms with Gasteiger partial charge in [0.15, 0.2) is 0 Å². The Morgan fingerprint density at radius 3 is 2.55 bits per heavy atom. The number of aromatic carboxylic acids is 1. The van der Waals surface area contributed by atoms with Gasteiger partial charge < -0.3 is 5.11 Å². The summed E-state index contributed by atoms with van der Waals surface area (Å²) in [6, 6.07) is 15.0. The minimum absolute atomic E-state index is 0.284. The van der Waals surface area contributed by atoms with Crippen LogP contribution in [0.2, 0.25) is 0 Å². The second-order valence-electron chi connectivity index (χ2n) is 4.30. The van der Waals surface area contributed by atoms with Crippen molar-refractivity contribution in [2.45, 2.75) is 6.92 Å². The van der Waals surface area contributed by atoms with Gasteiger partial charge in [0.1, 0.15) is 0 Å². The first kappa shape index (κ1) is 13.7. The van der Waals surface area contributed by atoms with Crippen LogP contribution in [-0.4, -0.2) is 17.3 Å². The molecule has 0 atom stereocenters. The predicted molar refractivity (Wildman–Crippen MR) is 81.8 cm³/mol. The molecule has 2 rings (SSSR count). The Morgan fingerprint density at radius 1 is 1.10 bits per heavy atom. The molecule has 3 nitrogen and oxygen atoms in total. The molecule has 0 aliphatic rings. The fraction of sp³-hybridized carbons (Fsp3) is 0.0588. The number of allylic oxidation sites excluding steroid dienone is 1. The molecular weight excluding hydrogens is 250 g/mol. The highest BCUT2D eigenvalue weighted by atomic mass is 16.4. The van der Waals surface area contributed by atoms with Gasteiger partial charge in [-0.2, -0.15) is 0 Å². The molecule has 100 valence electrons. The number of benzene rings is 2. The van der Waals surface area contributed by atoms with Crippen molar-refractivity contribution in [1.82, 2.24) is 0 Å². The monoisotopic (exact) mass is 265 g/mol. The number of carboxylic acids is 1. The second kappa shape index (κ2) is 6.48. The maximum Gasteiger partial charge on any atom is 0.336 e. The fourth-order valence-electron chi connectivity index (χ4n) is 1.84. The Balaban J connectivity index is 2.14. The van der Waals surface area contributed by atoms with Crippen LogP contribution in [0.25, 0.3) is 6.08 Å². The Morgan fingerprint density at radius 2 is 1.85 bits per heavy atom. The maximum absolute atomic E-state index is 11.0. The molecule has 0 saturated carbocycles. The van der Waals surface area contributed by atoms with Crippen molar-refractivity contribution in [3.8, 4) is 0 Å². The van der Waals surface area contributed by atoms with Crippen molar-refractivity contribution >= 4 is 23.9 Å². The molecule has 3 heteroatoms. The Labute approximate surface area is 117 Å². The summed E-state index contributed by atoms with van der Waals surface area (Å²) in [7, 11) is 0. The molecule has 1 N–H and O–H groups in total. The lowest BCUT2D eigenvalue weighted by atomic mass is 10.1. The van der Waals surface area contributed by atoms with E-state index in [9.17, 15) is 4.79 Å². The SMILES string of the molecule is Cc1c(N=C/C=C/c2ccccc2)cccc1C(=O)O. The average molecular weight is 265 g/mol. The third-order valence-electron chi connectivity index (χ3n) is 2.92. The van der Waals surface area contributed by atoms with Crippen molar-refractivity contribution < 1.29 is 9.90 Å². The minimum atomic E-state index is -0.931. The van der Waals surface area contributed by atoms with Crippen LogP contribution in [0.1, 0.15) is 21.5 Å². The summed E-state index contributed by atoms with van der Waals surface area (Å²) in [5, 5.41) is 9.04. The molecule has 0 spiro atoms. The van der Waals surface area contributed by atoms with Crippen LogP contribution in [0.3, 0.4) is 0 Å². The number of aliphatic imine (C=N–C) groups is 1. The predicted octanol–water partition coefficient (Wildman–Crippen LogP) is 4.11. The first-order valence-electron chi connectivity index (χ1n) is 6.27. The van der Waals surface area contributed by atoms with Gasteiger partial charge in [0, 0.05) is 6.21 Å². The van der Waals surface area contributed by atoms with Crippen LogP contribution >= 0.6 is 0 Å². The van der Waals surface area contributed by atoms with E-state index >= 15 is 0 Å². The lowest BCUT2D eigenvalue weighted by Crippen LogP contribution is -1.98. The van der Waals surface area contributed by atoms with E-state index in [2.05, 4.69) is 4.99 Å². The molecule has 0 bridgehead atoms. The van der Waals surface area contributed by atoms with Crippen LogP contribution in [0.4, 0.5) is 5.69 Å². The molecule has 0 unspecified atom stereocenters. The van der Waals surface area contributed by atoms with Gasteiger partial charge in [0.2, 0.25) is 0 Å². The number of nitrogens with zero attached hydrogens (tertiary/aromatic N) is 1. The largest absolute Gasteiger partial charge is 0.478 e. The van der Waals surface area contributed by atoms with Crippen LogP contribution in [0.5, 0.6) is 0 Å². The molecule has 0 heterocycles.